The Morgan fingerprint density at radius 1 is 1.00 bits per heavy atom. The van der Waals surface area contributed by atoms with Gasteiger partial charge in [-0.2, -0.15) is 0 Å². The van der Waals surface area contributed by atoms with Crippen molar-refractivity contribution < 1.29 is 23.5 Å². The molecule has 33 heavy (non-hydrogen) atoms. The van der Waals surface area contributed by atoms with Crippen LogP contribution in [0.3, 0.4) is 0 Å². The number of nitrogens with zero attached hydrogens (tertiary/aromatic N) is 2. The first-order chi connectivity index (χ1) is 16.0. The zero-order valence-electron chi connectivity index (χ0n) is 17.9. The van der Waals surface area contributed by atoms with Gasteiger partial charge in [-0.25, -0.2) is 9.38 Å². The minimum Gasteiger partial charge on any atom is -0.496 e. The largest absolute Gasteiger partial charge is 0.496 e. The highest BCUT2D eigenvalue weighted by atomic mass is 19.1. The molecule has 6 nitrogen and oxygen atoms in total. The molecule has 3 aromatic carbocycles. The molecule has 0 aromatic heterocycles. The minimum absolute atomic E-state index is 0.0249. The number of halogens is 1. The van der Waals surface area contributed by atoms with Gasteiger partial charge in [0.25, 0.3) is 5.91 Å². The van der Waals surface area contributed by atoms with E-state index in [0.717, 1.165) is 0 Å². The molecule has 0 bridgehead atoms. The fourth-order valence-corrected chi connectivity index (χ4v) is 3.36. The molecule has 0 saturated carbocycles. The second-order valence-electron chi connectivity index (χ2n) is 7.25. The number of benzene rings is 3. The number of methoxy groups -OCH3 is 1. The highest BCUT2D eigenvalue weighted by molar-refractivity contribution is 6.20. The van der Waals surface area contributed by atoms with Crippen LogP contribution in [0, 0.1) is 5.82 Å². The highest BCUT2D eigenvalue weighted by Crippen LogP contribution is 2.26. The summed E-state index contributed by atoms with van der Waals surface area (Å²) in [5.41, 5.74) is 2.22. The monoisotopic (exact) mass is 444 g/mol. The zero-order chi connectivity index (χ0) is 23.2. The van der Waals surface area contributed by atoms with Crippen molar-refractivity contribution in [3.05, 3.63) is 107 Å². The van der Waals surface area contributed by atoms with E-state index in [2.05, 4.69) is 4.99 Å². The number of carbonyl (C=O) groups is 2. The van der Waals surface area contributed by atoms with Gasteiger partial charge in [0, 0.05) is 11.1 Å². The number of esters is 1. The van der Waals surface area contributed by atoms with Crippen LogP contribution >= 0.6 is 0 Å². The molecule has 0 unspecified atom stereocenters. The number of amides is 1. The second-order valence-corrected chi connectivity index (χ2v) is 7.25. The summed E-state index contributed by atoms with van der Waals surface area (Å²) in [6.07, 6.45) is 1.63. The van der Waals surface area contributed by atoms with Gasteiger partial charge >= 0.3 is 5.97 Å². The Morgan fingerprint density at radius 3 is 2.42 bits per heavy atom. The van der Waals surface area contributed by atoms with E-state index in [1.807, 2.05) is 48.5 Å². The van der Waals surface area contributed by atoms with Gasteiger partial charge < -0.3 is 9.47 Å². The Balaban J connectivity index is 1.57. The second kappa shape index (κ2) is 9.91. The number of amidine groups is 1. The van der Waals surface area contributed by atoms with Crippen molar-refractivity contribution >= 4 is 23.8 Å². The lowest BCUT2D eigenvalue weighted by Crippen LogP contribution is -2.37. The molecule has 0 spiro atoms. The highest BCUT2D eigenvalue weighted by Gasteiger charge is 2.33. The summed E-state index contributed by atoms with van der Waals surface area (Å²) in [6.45, 7) is -0.333. The molecule has 3 aromatic rings. The van der Waals surface area contributed by atoms with E-state index >= 15 is 0 Å². The van der Waals surface area contributed by atoms with E-state index in [0.29, 0.717) is 28.3 Å². The normalized spacial score (nSPS) is 14.4. The maximum absolute atomic E-state index is 13.2. The fraction of sp³-hybridized carbons (Fsp3) is 0.115. The first kappa shape index (κ1) is 22.0. The van der Waals surface area contributed by atoms with Crippen LogP contribution in [-0.2, 0) is 20.9 Å². The quantitative estimate of drug-likeness (QED) is 0.405. The molecule has 1 aliphatic heterocycles. The summed E-state index contributed by atoms with van der Waals surface area (Å²) in [4.78, 5) is 31.6. The van der Waals surface area contributed by atoms with Crippen LogP contribution in [0.25, 0.3) is 6.08 Å². The van der Waals surface area contributed by atoms with Crippen molar-refractivity contribution in [1.82, 2.24) is 4.90 Å². The maximum atomic E-state index is 13.2. The number of ether oxygens (including phenoxy) is 2. The molecule has 4 rings (SSSR count). The van der Waals surface area contributed by atoms with E-state index in [1.54, 1.807) is 19.3 Å². The predicted octanol–water partition coefficient (Wildman–Crippen LogP) is 4.21. The molecule has 0 aliphatic carbocycles. The third-order valence-corrected chi connectivity index (χ3v) is 5.01. The number of rotatable bonds is 7. The van der Waals surface area contributed by atoms with Crippen molar-refractivity contribution in [3.63, 3.8) is 0 Å². The van der Waals surface area contributed by atoms with Crippen LogP contribution in [0.5, 0.6) is 5.75 Å². The maximum Gasteiger partial charge on any atom is 0.326 e. The molecular formula is C26H21FN2O4. The van der Waals surface area contributed by atoms with Crippen LogP contribution in [0.2, 0.25) is 0 Å². The lowest BCUT2D eigenvalue weighted by molar-refractivity contribution is -0.147. The average Bonchev–Trinajstić information content (AvgIpc) is 3.14. The minimum atomic E-state index is -0.602. The Bertz CT molecular complexity index is 1220. The van der Waals surface area contributed by atoms with Crippen molar-refractivity contribution in [2.45, 2.75) is 6.61 Å². The third kappa shape index (κ3) is 5.15. The van der Waals surface area contributed by atoms with Gasteiger partial charge in [0.05, 0.1) is 7.11 Å². The molecule has 0 radical (unpaired) electrons. The first-order valence-corrected chi connectivity index (χ1v) is 10.3. The molecule has 1 heterocycles. The Labute approximate surface area is 190 Å². The van der Waals surface area contributed by atoms with Gasteiger partial charge in [-0.15, -0.1) is 0 Å². The van der Waals surface area contributed by atoms with Gasteiger partial charge in [0.15, 0.2) is 0 Å². The van der Waals surface area contributed by atoms with E-state index in [-0.39, 0.29) is 24.7 Å². The molecule has 166 valence electrons. The van der Waals surface area contributed by atoms with Crippen molar-refractivity contribution in [2.75, 3.05) is 13.7 Å². The van der Waals surface area contributed by atoms with Crippen LogP contribution in [0.4, 0.5) is 4.39 Å². The Kier molecular flexibility index (Phi) is 6.59. The molecule has 0 saturated heterocycles. The smallest absolute Gasteiger partial charge is 0.326 e. The molecular weight excluding hydrogens is 423 g/mol. The van der Waals surface area contributed by atoms with Crippen LogP contribution in [-0.4, -0.2) is 36.3 Å². The van der Waals surface area contributed by atoms with E-state index in [9.17, 15) is 14.0 Å². The number of carbonyl (C=O) groups excluding carboxylic acids is 2. The van der Waals surface area contributed by atoms with E-state index < -0.39 is 11.9 Å². The topological polar surface area (TPSA) is 68.2 Å². The van der Waals surface area contributed by atoms with Gasteiger partial charge in [-0.1, -0.05) is 60.7 Å². The van der Waals surface area contributed by atoms with Crippen molar-refractivity contribution in [1.29, 1.82) is 0 Å². The summed E-state index contributed by atoms with van der Waals surface area (Å²) < 4.78 is 23.7. The lowest BCUT2D eigenvalue weighted by Gasteiger charge is -2.17. The standard InChI is InChI=1S/C26H21FN2O4/c1-32-23-10-6-5-9-20(23)15-22-26(31)29(25(28-22)19-7-3-2-4-8-19)16-24(30)33-17-18-11-13-21(27)14-12-18/h2-15H,16-17H2,1H3/b22-15-. The summed E-state index contributed by atoms with van der Waals surface area (Å²) >= 11 is 0. The van der Waals surface area contributed by atoms with Gasteiger partial charge in [-0.05, 0) is 29.8 Å². The lowest BCUT2D eigenvalue weighted by atomic mass is 10.1. The Morgan fingerprint density at radius 2 is 1.70 bits per heavy atom. The molecule has 1 amide bonds. The molecule has 0 atom stereocenters. The first-order valence-electron chi connectivity index (χ1n) is 10.3. The van der Waals surface area contributed by atoms with E-state index in [1.165, 1.54) is 29.2 Å². The fourth-order valence-electron chi connectivity index (χ4n) is 3.36. The Hall–Kier alpha value is -4.26. The third-order valence-electron chi connectivity index (χ3n) is 5.01. The number of para-hydroxylation sites is 1. The summed E-state index contributed by atoms with van der Waals surface area (Å²) in [5.74, 6) is -0.425. The van der Waals surface area contributed by atoms with Crippen LogP contribution < -0.4 is 4.74 Å². The summed E-state index contributed by atoms with van der Waals surface area (Å²) in [6, 6.07) is 22.1. The van der Waals surface area contributed by atoms with Gasteiger partial charge in [0.1, 0.15) is 36.3 Å². The van der Waals surface area contributed by atoms with Crippen molar-refractivity contribution in [3.8, 4) is 5.75 Å². The summed E-state index contributed by atoms with van der Waals surface area (Å²) in [7, 11) is 1.55. The molecule has 0 fully saturated rings. The number of hydrogen-bond donors (Lipinski definition) is 0. The predicted molar refractivity (Wildman–Crippen MR) is 122 cm³/mol. The summed E-state index contributed by atoms with van der Waals surface area (Å²) in [5, 5.41) is 0. The number of aliphatic imine (C=N–C) groups is 1. The zero-order valence-corrected chi connectivity index (χ0v) is 17.9. The van der Waals surface area contributed by atoms with Crippen molar-refractivity contribution in [2.24, 2.45) is 4.99 Å². The molecule has 0 N–H and O–H groups in total. The molecule has 7 heteroatoms. The molecule has 1 aliphatic rings. The van der Waals surface area contributed by atoms with Gasteiger partial charge in [-0.3, -0.25) is 14.5 Å². The van der Waals surface area contributed by atoms with Crippen LogP contribution in [0.1, 0.15) is 16.7 Å². The SMILES string of the molecule is COc1ccccc1/C=C1\N=C(c2ccccc2)N(CC(=O)OCc2ccc(F)cc2)C1=O. The van der Waals surface area contributed by atoms with Gasteiger partial charge in [0.2, 0.25) is 0 Å². The number of hydrogen-bond acceptors (Lipinski definition) is 5. The van der Waals surface area contributed by atoms with Crippen LogP contribution in [0.15, 0.2) is 89.6 Å². The van der Waals surface area contributed by atoms with E-state index in [4.69, 9.17) is 9.47 Å². The average molecular weight is 444 g/mol.